The van der Waals surface area contributed by atoms with E-state index in [-0.39, 0.29) is 11.5 Å². The van der Waals surface area contributed by atoms with Crippen LogP contribution in [0.4, 0.5) is 11.5 Å². The molecule has 0 saturated carbocycles. The van der Waals surface area contributed by atoms with Crippen molar-refractivity contribution in [1.82, 2.24) is 24.9 Å². The van der Waals surface area contributed by atoms with Crippen LogP contribution in [0.3, 0.4) is 0 Å². The minimum Gasteiger partial charge on any atom is -0.354 e. The summed E-state index contributed by atoms with van der Waals surface area (Å²) in [6.07, 6.45) is 0.972. The van der Waals surface area contributed by atoms with E-state index in [2.05, 4.69) is 30.6 Å². The smallest absolute Gasteiger partial charge is 0.277 e. The van der Waals surface area contributed by atoms with E-state index in [0.29, 0.717) is 34.3 Å². The third kappa shape index (κ3) is 4.54. The summed E-state index contributed by atoms with van der Waals surface area (Å²) >= 11 is 2.88. The molecular weight excluding hydrogens is 446 g/mol. The molecular formula is C21H21N7O2S2. The first-order valence-corrected chi connectivity index (χ1v) is 12.1. The van der Waals surface area contributed by atoms with Crippen molar-refractivity contribution in [3.63, 3.8) is 0 Å². The maximum Gasteiger partial charge on any atom is 0.277 e. The van der Waals surface area contributed by atoms with Crippen molar-refractivity contribution in [2.24, 2.45) is 0 Å². The number of carbonyl (C=O) groups excluding carboxylic acids is 1. The molecule has 4 heterocycles. The monoisotopic (exact) mass is 467 g/mol. The number of nitrogens with one attached hydrogen (secondary N) is 2. The molecule has 1 aromatic carbocycles. The topological polar surface area (TPSA) is 105 Å². The molecule has 0 bridgehead atoms. The highest BCUT2D eigenvalue weighted by molar-refractivity contribution is 7.19. The number of benzene rings is 1. The highest BCUT2D eigenvalue weighted by atomic mass is 32.1. The molecule has 1 aliphatic rings. The lowest BCUT2D eigenvalue weighted by molar-refractivity contribution is -0.116. The van der Waals surface area contributed by atoms with Crippen LogP contribution in [0.1, 0.15) is 12.1 Å². The second-order valence-electron chi connectivity index (χ2n) is 7.40. The van der Waals surface area contributed by atoms with E-state index in [1.165, 1.54) is 27.2 Å². The molecule has 0 aliphatic carbocycles. The van der Waals surface area contributed by atoms with Gasteiger partial charge >= 0.3 is 0 Å². The van der Waals surface area contributed by atoms with Gasteiger partial charge < -0.3 is 15.5 Å². The number of carbonyl (C=O) groups is 1. The molecule has 9 nitrogen and oxygen atoms in total. The van der Waals surface area contributed by atoms with Gasteiger partial charge in [0.2, 0.25) is 10.9 Å². The summed E-state index contributed by atoms with van der Waals surface area (Å²) in [5.74, 6) is 0.617. The molecule has 164 valence electrons. The van der Waals surface area contributed by atoms with Gasteiger partial charge in [0.05, 0.1) is 11.2 Å². The molecule has 11 heteroatoms. The molecule has 1 aliphatic heterocycles. The Morgan fingerprint density at radius 3 is 2.91 bits per heavy atom. The SMILES string of the molecule is O=C(CCc1cscn1)Nc1cccc(-c2nn3c(=O)cc(N4CCNCC4)nc3s2)c1. The molecule has 5 rings (SSSR count). The zero-order valence-electron chi connectivity index (χ0n) is 17.2. The van der Waals surface area contributed by atoms with E-state index in [0.717, 1.165) is 37.4 Å². The third-order valence-corrected chi connectivity index (χ3v) is 6.75. The second kappa shape index (κ2) is 9.15. The first-order valence-electron chi connectivity index (χ1n) is 10.3. The molecule has 1 saturated heterocycles. The van der Waals surface area contributed by atoms with Gasteiger partial charge in [-0.1, -0.05) is 23.5 Å². The normalized spacial score (nSPS) is 14.1. The van der Waals surface area contributed by atoms with Gasteiger partial charge in [0, 0.05) is 55.3 Å². The summed E-state index contributed by atoms with van der Waals surface area (Å²) in [5.41, 5.74) is 4.00. The third-order valence-electron chi connectivity index (χ3n) is 5.16. The lowest BCUT2D eigenvalue weighted by Crippen LogP contribution is -2.44. The average Bonchev–Trinajstić information content (AvgIpc) is 3.49. The Morgan fingerprint density at radius 1 is 1.22 bits per heavy atom. The number of fused-ring (bicyclic) bond motifs is 1. The van der Waals surface area contributed by atoms with E-state index in [1.54, 1.807) is 11.6 Å². The number of nitrogens with zero attached hydrogens (tertiary/aromatic N) is 5. The fraction of sp³-hybridized carbons (Fsp3) is 0.286. The summed E-state index contributed by atoms with van der Waals surface area (Å²) in [6.45, 7) is 3.38. The lowest BCUT2D eigenvalue weighted by atomic mass is 10.2. The van der Waals surface area contributed by atoms with Gasteiger partial charge in [-0.25, -0.2) is 9.97 Å². The summed E-state index contributed by atoms with van der Waals surface area (Å²) in [4.78, 5) is 36.5. The number of amides is 1. The van der Waals surface area contributed by atoms with Crippen molar-refractivity contribution in [2.45, 2.75) is 12.8 Å². The summed E-state index contributed by atoms with van der Waals surface area (Å²) in [5, 5.41) is 13.3. The molecule has 1 amide bonds. The number of thiazole rings is 1. The Kier molecular flexibility index (Phi) is 5.93. The standard InChI is InChI=1S/C21H21N7O2S2/c29-18(5-4-16-12-31-13-23-16)24-15-3-1-2-14(10-15)20-26-28-19(30)11-17(25-21(28)32-20)27-8-6-22-7-9-27/h1-3,10-13,22H,4-9H2,(H,24,29). The average molecular weight is 468 g/mol. The van der Waals surface area contributed by atoms with Gasteiger partial charge in [0.25, 0.3) is 5.56 Å². The van der Waals surface area contributed by atoms with Crippen molar-refractivity contribution >= 4 is 45.0 Å². The van der Waals surface area contributed by atoms with E-state index >= 15 is 0 Å². The van der Waals surface area contributed by atoms with Gasteiger partial charge in [-0.05, 0) is 18.6 Å². The number of aromatic nitrogens is 4. The molecule has 4 aromatic rings. The fourth-order valence-corrected chi connectivity index (χ4v) is 5.02. The molecule has 0 radical (unpaired) electrons. The van der Waals surface area contributed by atoms with E-state index in [1.807, 2.05) is 29.6 Å². The van der Waals surface area contributed by atoms with Crippen molar-refractivity contribution in [2.75, 3.05) is 36.4 Å². The van der Waals surface area contributed by atoms with Crippen LogP contribution < -0.4 is 21.1 Å². The maximum atomic E-state index is 12.6. The Balaban J connectivity index is 1.35. The zero-order valence-corrected chi connectivity index (χ0v) is 18.8. The molecule has 0 spiro atoms. The van der Waals surface area contributed by atoms with Gasteiger partial charge in [-0.3, -0.25) is 9.59 Å². The Bertz CT molecular complexity index is 1290. The first-order chi connectivity index (χ1) is 15.7. The predicted octanol–water partition coefficient (Wildman–Crippen LogP) is 2.26. The number of hydrogen-bond donors (Lipinski definition) is 2. The van der Waals surface area contributed by atoms with Crippen molar-refractivity contribution in [1.29, 1.82) is 0 Å². The molecule has 3 aromatic heterocycles. The van der Waals surface area contributed by atoms with Crippen LogP contribution in [-0.2, 0) is 11.2 Å². The van der Waals surface area contributed by atoms with Crippen LogP contribution in [0.15, 0.2) is 46.0 Å². The largest absolute Gasteiger partial charge is 0.354 e. The Hall–Kier alpha value is -3.15. The zero-order chi connectivity index (χ0) is 21.9. The van der Waals surface area contributed by atoms with E-state index in [9.17, 15) is 9.59 Å². The van der Waals surface area contributed by atoms with E-state index < -0.39 is 0 Å². The molecule has 2 N–H and O–H groups in total. The number of anilines is 2. The minimum absolute atomic E-state index is 0.0713. The number of rotatable bonds is 6. The summed E-state index contributed by atoms with van der Waals surface area (Å²) in [7, 11) is 0. The lowest BCUT2D eigenvalue weighted by Gasteiger charge is -2.27. The summed E-state index contributed by atoms with van der Waals surface area (Å²) < 4.78 is 1.34. The van der Waals surface area contributed by atoms with Crippen LogP contribution in [0.2, 0.25) is 0 Å². The van der Waals surface area contributed by atoms with E-state index in [4.69, 9.17) is 0 Å². The van der Waals surface area contributed by atoms with Crippen LogP contribution in [0.5, 0.6) is 0 Å². The Morgan fingerprint density at radius 2 is 2.09 bits per heavy atom. The number of aryl methyl sites for hydroxylation is 1. The molecule has 1 fully saturated rings. The minimum atomic E-state index is -0.197. The molecule has 0 unspecified atom stereocenters. The van der Waals surface area contributed by atoms with Crippen LogP contribution in [0.25, 0.3) is 15.5 Å². The highest BCUT2D eigenvalue weighted by Gasteiger charge is 2.16. The van der Waals surface area contributed by atoms with Gasteiger partial charge in [-0.2, -0.15) is 9.61 Å². The van der Waals surface area contributed by atoms with Crippen molar-refractivity contribution in [3.05, 3.63) is 57.3 Å². The predicted molar refractivity (Wildman–Crippen MR) is 127 cm³/mol. The van der Waals surface area contributed by atoms with Crippen molar-refractivity contribution < 1.29 is 4.79 Å². The van der Waals surface area contributed by atoms with Crippen molar-refractivity contribution in [3.8, 4) is 10.6 Å². The molecule has 0 atom stereocenters. The van der Waals surface area contributed by atoms with Crippen LogP contribution >= 0.6 is 22.7 Å². The fourth-order valence-electron chi connectivity index (χ4n) is 3.53. The second-order valence-corrected chi connectivity index (χ2v) is 9.07. The van der Waals surface area contributed by atoms with Gasteiger partial charge in [0.1, 0.15) is 10.8 Å². The number of piperazine rings is 1. The summed E-state index contributed by atoms with van der Waals surface area (Å²) in [6, 6.07) is 9.01. The first kappa shape index (κ1) is 20.7. The quantitative estimate of drug-likeness (QED) is 0.448. The Labute approximate surface area is 191 Å². The van der Waals surface area contributed by atoms with Gasteiger partial charge in [0.15, 0.2) is 0 Å². The maximum absolute atomic E-state index is 12.6. The number of hydrogen-bond acceptors (Lipinski definition) is 9. The van der Waals surface area contributed by atoms with Gasteiger partial charge in [-0.15, -0.1) is 11.3 Å². The van der Waals surface area contributed by atoms with Crippen LogP contribution in [-0.4, -0.2) is 51.7 Å². The van der Waals surface area contributed by atoms with Crippen LogP contribution in [0, 0.1) is 0 Å². The highest BCUT2D eigenvalue weighted by Crippen LogP contribution is 2.27. The molecule has 32 heavy (non-hydrogen) atoms.